The van der Waals surface area contributed by atoms with Crippen LogP contribution in [-0.2, 0) is 0 Å². The van der Waals surface area contributed by atoms with Crippen LogP contribution in [0.15, 0.2) is 0 Å². The number of aliphatic hydroxyl groups is 1. The molecule has 2 rings (SSSR count). The minimum absolute atomic E-state index is 0.198. The van der Waals surface area contributed by atoms with Crippen LogP contribution in [-0.4, -0.2) is 41.7 Å². The van der Waals surface area contributed by atoms with Crippen LogP contribution in [0.3, 0.4) is 0 Å². The number of aliphatic hydroxyl groups excluding tert-OH is 1. The van der Waals surface area contributed by atoms with Gasteiger partial charge in [0.15, 0.2) is 5.13 Å². The molecule has 0 bridgehead atoms. The van der Waals surface area contributed by atoms with E-state index in [2.05, 4.69) is 15.2 Å². The molecular formula is C14H24N4O2S. The second-order valence-electron chi connectivity index (χ2n) is 5.37. The summed E-state index contributed by atoms with van der Waals surface area (Å²) >= 11 is 1.35. The Bertz CT molecular complexity index is 472. The smallest absolute Gasteiger partial charge is 0.265 e. The van der Waals surface area contributed by atoms with E-state index in [1.165, 1.54) is 17.8 Å². The third kappa shape index (κ3) is 4.31. The molecule has 1 aliphatic heterocycles. The Balaban J connectivity index is 1.93. The molecule has 1 atom stereocenters. The highest BCUT2D eigenvalue weighted by Gasteiger charge is 2.20. The topological polar surface area (TPSA) is 91.5 Å². The van der Waals surface area contributed by atoms with Crippen LogP contribution in [0.5, 0.6) is 0 Å². The van der Waals surface area contributed by atoms with Gasteiger partial charge in [0, 0.05) is 19.6 Å². The number of hydrogen-bond acceptors (Lipinski definition) is 6. The molecule has 4 N–H and O–H groups in total. The second kappa shape index (κ2) is 7.61. The molecule has 0 aliphatic carbocycles. The lowest BCUT2D eigenvalue weighted by atomic mass is 10.1. The molecule has 1 fully saturated rings. The van der Waals surface area contributed by atoms with E-state index in [0.29, 0.717) is 30.1 Å². The SMILES string of the molecule is CCC(O)CCNC(=O)c1sc(N2CCCCC2)nc1N. The normalized spacial score (nSPS) is 16.8. The summed E-state index contributed by atoms with van der Waals surface area (Å²) in [4.78, 5) is 19.1. The van der Waals surface area contributed by atoms with Gasteiger partial charge in [0.1, 0.15) is 10.7 Å². The molecule has 7 heteroatoms. The van der Waals surface area contributed by atoms with Gasteiger partial charge in [-0.15, -0.1) is 0 Å². The summed E-state index contributed by atoms with van der Waals surface area (Å²) in [5, 5.41) is 13.1. The highest BCUT2D eigenvalue weighted by molar-refractivity contribution is 7.18. The van der Waals surface area contributed by atoms with Crippen molar-refractivity contribution in [3.63, 3.8) is 0 Å². The molecule has 0 aromatic carbocycles. The Morgan fingerprint density at radius 1 is 1.48 bits per heavy atom. The van der Waals surface area contributed by atoms with E-state index in [0.717, 1.165) is 31.1 Å². The fourth-order valence-corrected chi connectivity index (χ4v) is 3.29. The number of aromatic nitrogens is 1. The molecule has 118 valence electrons. The van der Waals surface area contributed by atoms with Crippen molar-refractivity contribution in [3.8, 4) is 0 Å². The standard InChI is InChI=1S/C14H24N4O2S/c1-2-10(19)6-7-16-13(20)11-12(15)17-14(21-11)18-8-4-3-5-9-18/h10,19H,2-9,15H2,1H3,(H,16,20). The van der Waals surface area contributed by atoms with E-state index >= 15 is 0 Å². The first-order chi connectivity index (χ1) is 10.1. The van der Waals surface area contributed by atoms with Gasteiger partial charge < -0.3 is 21.1 Å². The largest absolute Gasteiger partial charge is 0.393 e. The van der Waals surface area contributed by atoms with E-state index in [-0.39, 0.29) is 12.0 Å². The van der Waals surface area contributed by atoms with Crippen molar-refractivity contribution in [2.75, 3.05) is 30.3 Å². The van der Waals surface area contributed by atoms with Crippen molar-refractivity contribution in [3.05, 3.63) is 4.88 Å². The van der Waals surface area contributed by atoms with Crippen LogP contribution in [0.4, 0.5) is 10.9 Å². The van der Waals surface area contributed by atoms with Crippen molar-refractivity contribution in [2.45, 2.75) is 45.1 Å². The van der Waals surface area contributed by atoms with Crippen LogP contribution in [0.2, 0.25) is 0 Å². The van der Waals surface area contributed by atoms with E-state index in [9.17, 15) is 9.90 Å². The number of nitrogens with zero attached hydrogens (tertiary/aromatic N) is 2. The lowest BCUT2D eigenvalue weighted by Gasteiger charge is -2.25. The molecule has 21 heavy (non-hydrogen) atoms. The highest BCUT2D eigenvalue weighted by Crippen LogP contribution is 2.29. The van der Waals surface area contributed by atoms with E-state index < -0.39 is 0 Å². The minimum Gasteiger partial charge on any atom is -0.393 e. The summed E-state index contributed by atoms with van der Waals surface area (Å²) in [5.41, 5.74) is 5.87. The molecule has 1 saturated heterocycles. The van der Waals surface area contributed by atoms with Gasteiger partial charge in [-0.05, 0) is 32.1 Å². The molecule has 0 radical (unpaired) electrons. The van der Waals surface area contributed by atoms with E-state index in [1.54, 1.807) is 0 Å². The zero-order valence-electron chi connectivity index (χ0n) is 12.5. The number of carbonyl (C=O) groups excluding carboxylic acids is 1. The van der Waals surface area contributed by atoms with Crippen LogP contribution < -0.4 is 16.0 Å². The number of thiazole rings is 1. The van der Waals surface area contributed by atoms with Crippen LogP contribution in [0, 0.1) is 0 Å². The quantitative estimate of drug-likeness (QED) is 0.742. The van der Waals surface area contributed by atoms with Gasteiger partial charge in [-0.1, -0.05) is 18.3 Å². The number of rotatable bonds is 6. The molecule has 1 aromatic heterocycles. The fraction of sp³-hybridized carbons (Fsp3) is 0.714. The predicted molar refractivity (Wildman–Crippen MR) is 85.8 cm³/mol. The van der Waals surface area contributed by atoms with E-state index in [4.69, 9.17) is 5.73 Å². The molecule has 0 spiro atoms. The first-order valence-electron chi connectivity index (χ1n) is 7.59. The third-order valence-electron chi connectivity index (χ3n) is 3.71. The molecular weight excluding hydrogens is 288 g/mol. The Hall–Kier alpha value is -1.34. The molecule has 2 heterocycles. The minimum atomic E-state index is -0.368. The average molecular weight is 312 g/mol. The summed E-state index contributed by atoms with van der Waals surface area (Å²) in [7, 11) is 0. The number of nitrogens with one attached hydrogen (secondary N) is 1. The van der Waals surface area contributed by atoms with Crippen molar-refractivity contribution in [1.82, 2.24) is 10.3 Å². The monoisotopic (exact) mass is 312 g/mol. The van der Waals surface area contributed by atoms with Crippen molar-refractivity contribution in [2.24, 2.45) is 0 Å². The summed E-state index contributed by atoms with van der Waals surface area (Å²) < 4.78 is 0. The van der Waals surface area contributed by atoms with Crippen LogP contribution in [0.1, 0.15) is 48.7 Å². The van der Waals surface area contributed by atoms with Gasteiger partial charge in [0.05, 0.1) is 6.10 Å². The zero-order chi connectivity index (χ0) is 15.2. The van der Waals surface area contributed by atoms with Crippen molar-refractivity contribution < 1.29 is 9.90 Å². The van der Waals surface area contributed by atoms with Gasteiger partial charge >= 0.3 is 0 Å². The molecule has 1 unspecified atom stereocenters. The van der Waals surface area contributed by atoms with Gasteiger partial charge in [0.25, 0.3) is 5.91 Å². The maximum atomic E-state index is 12.1. The Labute approximate surface area is 129 Å². The van der Waals surface area contributed by atoms with E-state index in [1.807, 2.05) is 6.92 Å². The third-order valence-corrected chi connectivity index (χ3v) is 4.84. The van der Waals surface area contributed by atoms with Crippen LogP contribution in [0.25, 0.3) is 0 Å². The van der Waals surface area contributed by atoms with Gasteiger partial charge in [0.2, 0.25) is 0 Å². The highest BCUT2D eigenvalue weighted by atomic mass is 32.1. The first kappa shape index (κ1) is 16.0. The number of nitrogens with two attached hydrogens (primary N) is 1. The maximum absolute atomic E-state index is 12.1. The Morgan fingerprint density at radius 2 is 2.19 bits per heavy atom. The molecule has 6 nitrogen and oxygen atoms in total. The van der Waals surface area contributed by atoms with Gasteiger partial charge in [-0.3, -0.25) is 4.79 Å². The summed E-state index contributed by atoms with van der Waals surface area (Å²) in [6.45, 7) is 4.33. The number of nitrogen functional groups attached to an aromatic ring is 1. The number of hydrogen-bond donors (Lipinski definition) is 3. The fourth-order valence-electron chi connectivity index (χ4n) is 2.34. The lowest BCUT2D eigenvalue weighted by Crippen LogP contribution is -2.29. The Morgan fingerprint density at radius 3 is 2.86 bits per heavy atom. The van der Waals surface area contributed by atoms with Gasteiger partial charge in [-0.25, -0.2) is 4.98 Å². The molecule has 1 aromatic rings. The molecule has 0 saturated carbocycles. The molecule has 1 amide bonds. The lowest BCUT2D eigenvalue weighted by molar-refractivity contribution is 0.0946. The van der Waals surface area contributed by atoms with Gasteiger partial charge in [-0.2, -0.15) is 0 Å². The van der Waals surface area contributed by atoms with Crippen molar-refractivity contribution >= 4 is 28.2 Å². The predicted octanol–water partition coefficient (Wildman–Crippen LogP) is 1.61. The number of anilines is 2. The first-order valence-corrected chi connectivity index (χ1v) is 8.41. The average Bonchev–Trinajstić information content (AvgIpc) is 2.90. The number of piperidine rings is 1. The summed E-state index contributed by atoms with van der Waals surface area (Å²) in [6.07, 6.45) is 4.46. The number of carbonyl (C=O) groups is 1. The summed E-state index contributed by atoms with van der Waals surface area (Å²) in [5.74, 6) is 0.102. The number of amides is 1. The summed E-state index contributed by atoms with van der Waals surface area (Å²) in [6, 6.07) is 0. The molecule has 1 aliphatic rings. The van der Waals surface area contributed by atoms with Crippen LogP contribution >= 0.6 is 11.3 Å². The second-order valence-corrected chi connectivity index (χ2v) is 6.34. The zero-order valence-corrected chi connectivity index (χ0v) is 13.3. The van der Waals surface area contributed by atoms with Crippen molar-refractivity contribution in [1.29, 1.82) is 0 Å². The Kier molecular flexibility index (Phi) is 5.81. The maximum Gasteiger partial charge on any atom is 0.265 e.